The number of aryl methyl sites for hydroxylation is 1. The van der Waals surface area contributed by atoms with Gasteiger partial charge in [-0.25, -0.2) is 4.39 Å². The van der Waals surface area contributed by atoms with Gasteiger partial charge in [0, 0.05) is 5.69 Å². The van der Waals surface area contributed by atoms with E-state index in [-0.39, 0.29) is 0 Å². The molecular weight excluding hydrogens is 227 g/mol. The van der Waals surface area contributed by atoms with Crippen molar-refractivity contribution in [1.29, 1.82) is 5.26 Å². The molecule has 0 fully saturated rings. The molecule has 0 aliphatic rings. The molecule has 0 aliphatic heterocycles. The number of rotatable bonds is 3. The Bertz CT molecular complexity index is 582. The van der Waals surface area contributed by atoms with E-state index in [1.165, 1.54) is 11.6 Å². The average Bonchev–Trinajstić information content (AvgIpc) is 2.42. The van der Waals surface area contributed by atoms with Crippen molar-refractivity contribution in [2.75, 3.05) is 5.32 Å². The van der Waals surface area contributed by atoms with Crippen LogP contribution in [0.1, 0.15) is 18.1 Å². The minimum atomic E-state index is -0.423. The summed E-state index contributed by atoms with van der Waals surface area (Å²) in [5.41, 5.74) is 2.76. The van der Waals surface area contributed by atoms with Gasteiger partial charge in [0.15, 0.2) is 0 Å². The monoisotopic (exact) mass is 240 g/mol. The van der Waals surface area contributed by atoms with E-state index in [9.17, 15) is 4.39 Å². The van der Waals surface area contributed by atoms with Crippen LogP contribution in [-0.4, -0.2) is 0 Å². The first kappa shape index (κ1) is 12.1. The molecule has 0 amide bonds. The molecule has 0 heterocycles. The number of hydrogen-bond donors (Lipinski definition) is 1. The van der Waals surface area contributed by atoms with Crippen molar-refractivity contribution in [1.82, 2.24) is 0 Å². The fourth-order valence-corrected chi connectivity index (χ4v) is 1.67. The first-order valence-corrected chi connectivity index (χ1v) is 5.78. The Morgan fingerprint density at radius 2 is 1.89 bits per heavy atom. The Balaban J connectivity index is 2.20. The van der Waals surface area contributed by atoms with Gasteiger partial charge in [-0.15, -0.1) is 0 Å². The largest absolute Gasteiger partial charge is 0.353 e. The van der Waals surface area contributed by atoms with Gasteiger partial charge in [-0.2, -0.15) is 5.26 Å². The van der Waals surface area contributed by atoms with Crippen LogP contribution in [0.5, 0.6) is 0 Å². The van der Waals surface area contributed by atoms with E-state index >= 15 is 0 Å². The summed E-state index contributed by atoms with van der Waals surface area (Å²) >= 11 is 0. The standard InChI is InChI=1S/C15H13FN2/c1-2-11-3-6-13(7-4-11)18-15-8-5-12(10-17)9-14(15)16/h3-9,18H,2H2,1H3. The van der Waals surface area contributed by atoms with Crippen LogP contribution in [0.25, 0.3) is 0 Å². The molecule has 90 valence electrons. The highest BCUT2D eigenvalue weighted by molar-refractivity contribution is 5.61. The van der Waals surface area contributed by atoms with Gasteiger partial charge >= 0.3 is 0 Å². The number of nitrogens with one attached hydrogen (secondary N) is 1. The van der Waals surface area contributed by atoms with E-state index < -0.39 is 5.82 Å². The van der Waals surface area contributed by atoms with Gasteiger partial charge in [-0.1, -0.05) is 19.1 Å². The van der Waals surface area contributed by atoms with Gasteiger partial charge in [0.2, 0.25) is 0 Å². The number of anilines is 2. The molecule has 0 unspecified atom stereocenters. The third-order valence-corrected chi connectivity index (χ3v) is 2.74. The zero-order valence-electron chi connectivity index (χ0n) is 10.1. The average molecular weight is 240 g/mol. The second kappa shape index (κ2) is 5.33. The Morgan fingerprint density at radius 1 is 1.17 bits per heavy atom. The molecule has 2 aromatic rings. The lowest BCUT2D eigenvalue weighted by atomic mass is 10.1. The van der Waals surface area contributed by atoms with Gasteiger partial charge < -0.3 is 5.32 Å². The molecule has 2 rings (SSSR count). The molecule has 0 aromatic heterocycles. The third-order valence-electron chi connectivity index (χ3n) is 2.74. The molecule has 0 aliphatic carbocycles. The molecule has 0 saturated carbocycles. The number of nitriles is 1. The Hall–Kier alpha value is -2.34. The molecule has 1 N–H and O–H groups in total. The highest BCUT2D eigenvalue weighted by atomic mass is 19.1. The summed E-state index contributed by atoms with van der Waals surface area (Å²) in [5.74, 6) is -0.423. The topological polar surface area (TPSA) is 35.8 Å². The summed E-state index contributed by atoms with van der Waals surface area (Å²) in [6.07, 6.45) is 0.978. The van der Waals surface area contributed by atoms with Crippen LogP contribution >= 0.6 is 0 Å². The predicted molar refractivity (Wildman–Crippen MR) is 70.2 cm³/mol. The summed E-state index contributed by atoms with van der Waals surface area (Å²) in [6, 6.07) is 14.1. The molecule has 2 nitrogen and oxygen atoms in total. The molecule has 0 spiro atoms. The normalized spacial score (nSPS) is 9.83. The fourth-order valence-electron chi connectivity index (χ4n) is 1.67. The molecule has 0 saturated heterocycles. The summed E-state index contributed by atoms with van der Waals surface area (Å²) in [7, 11) is 0. The van der Waals surface area contributed by atoms with Gasteiger partial charge in [0.1, 0.15) is 5.82 Å². The number of benzene rings is 2. The van der Waals surface area contributed by atoms with E-state index in [0.29, 0.717) is 11.3 Å². The summed E-state index contributed by atoms with van der Waals surface area (Å²) < 4.78 is 13.7. The van der Waals surface area contributed by atoms with Gasteiger partial charge in [-0.05, 0) is 42.3 Å². The summed E-state index contributed by atoms with van der Waals surface area (Å²) in [5, 5.41) is 11.7. The van der Waals surface area contributed by atoms with Crippen LogP contribution in [0.15, 0.2) is 42.5 Å². The van der Waals surface area contributed by atoms with Gasteiger partial charge in [0.05, 0.1) is 17.3 Å². The second-order valence-corrected chi connectivity index (χ2v) is 3.98. The Kier molecular flexibility index (Phi) is 3.59. The van der Waals surface area contributed by atoms with Crippen LogP contribution in [0.4, 0.5) is 15.8 Å². The Labute approximate surface area is 106 Å². The summed E-state index contributed by atoms with van der Waals surface area (Å²) in [4.78, 5) is 0. The quantitative estimate of drug-likeness (QED) is 0.880. The van der Waals surface area contributed by atoms with Crippen molar-refractivity contribution in [2.24, 2.45) is 0 Å². The minimum Gasteiger partial charge on any atom is -0.353 e. The van der Waals surface area contributed by atoms with Crippen molar-refractivity contribution >= 4 is 11.4 Å². The third kappa shape index (κ3) is 2.67. The Morgan fingerprint density at radius 3 is 2.44 bits per heavy atom. The number of nitrogens with zero attached hydrogens (tertiary/aromatic N) is 1. The highest BCUT2D eigenvalue weighted by Gasteiger charge is 2.03. The van der Waals surface area contributed by atoms with Crippen molar-refractivity contribution in [3.8, 4) is 6.07 Å². The molecule has 18 heavy (non-hydrogen) atoms. The van der Waals surface area contributed by atoms with Crippen LogP contribution in [-0.2, 0) is 6.42 Å². The lowest BCUT2D eigenvalue weighted by Gasteiger charge is -2.08. The van der Waals surface area contributed by atoms with Crippen LogP contribution in [0, 0.1) is 17.1 Å². The number of halogens is 1. The molecule has 0 radical (unpaired) electrons. The molecule has 0 atom stereocenters. The van der Waals surface area contributed by atoms with E-state index in [1.54, 1.807) is 12.1 Å². The predicted octanol–water partition coefficient (Wildman–Crippen LogP) is 4.00. The first-order valence-electron chi connectivity index (χ1n) is 5.78. The van der Waals surface area contributed by atoms with Crippen molar-refractivity contribution in [3.63, 3.8) is 0 Å². The maximum absolute atomic E-state index is 13.7. The lowest BCUT2D eigenvalue weighted by molar-refractivity contribution is 0.631. The van der Waals surface area contributed by atoms with Crippen molar-refractivity contribution in [2.45, 2.75) is 13.3 Å². The molecular formula is C15H13FN2. The smallest absolute Gasteiger partial charge is 0.147 e. The van der Waals surface area contributed by atoms with E-state index in [2.05, 4.69) is 12.2 Å². The fraction of sp³-hybridized carbons (Fsp3) is 0.133. The zero-order chi connectivity index (χ0) is 13.0. The van der Waals surface area contributed by atoms with E-state index in [4.69, 9.17) is 5.26 Å². The summed E-state index contributed by atoms with van der Waals surface area (Å²) in [6.45, 7) is 2.09. The van der Waals surface area contributed by atoms with Crippen LogP contribution < -0.4 is 5.32 Å². The molecule has 2 aromatic carbocycles. The SMILES string of the molecule is CCc1ccc(Nc2ccc(C#N)cc2F)cc1. The first-order chi connectivity index (χ1) is 8.72. The lowest BCUT2D eigenvalue weighted by Crippen LogP contribution is -1.94. The second-order valence-electron chi connectivity index (χ2n) is 3.98. The minimum absolute atomic E-state index is 0.319. The number of hydrogen-bond acceptors (Lipinski definition) is 2. The molecule has 0 bridgehead atoms. The van der Waals surface area contributed by atoms with E-state index in [0.717, 1.165) is 12.1 Å². The van der Waals surface area contributed by atoms with E-state index in [1.807, 2.05) is 30.3 Å². The van der Waals surface area contributed by atoms with Crippen LogP contribution in [0.3, 0.4) is 0 Å². The van der Waals surface area contributed by atoms with Crippen molar-refractivity contribution < 1.29 is 4.39 Å². The van der Waals surface area contributed by atoms with Crippen molar-refractivity contribution in [3.05, 3.63) is 59.4 Å². The maximum atomic E-state index is 13.7. The molecule has 3 heteroatoms. The van der Waals surface area contributed by atoms with Crippen LogP contribution in [0.2, 0.25) is 0 Å². The zero-order valence-corrected chi connectivity index (χ0v) is 10.1. The highest BCUT2D eigenvalue weighted by Crippen LogP contribution is 2.21. The van der Waals surface area contributed by atoms with Gasteiger partial charge in [0.25, 0.3) is 0 Å². The van der Waals surface area contributed by atoms with Gasteiger partial charge in [-0.3, -0.25) is 0 Å². The maximum Gasteiger partial charge on any atom is 0.147 e.